The van der Waals surface area contributed by atoms with Gasteiger partial charge in [-0.25, -0.2) is 4.63 Å². The van der Waals surface area contributed by atoms with Gasteiger partial charge in [-0.1, -0.05) is 5.16 Å². The van der Waals surface area contributed by atoms with E-state index in [9.17, 15) is 4.79 Å². The number of nitrogens with zero attached hydrogens (tertiary/aromatic N) is 3. The van der Waals surface area contributed by atoms with Crippen LogP contribution in [0.1, 0.15) is 5.69 Å². The Kier molecular flexibility index (Phi) is 2.84. The maximum Gasteiger partial charge on any atom is 0.322 e. The lowest BCUT2D eigenvalue weighted by molar-refractivity contribution is -0.134. The molecule has 0 atom stereocenters. The van der Waals surface area contributed by atoms with E-state index in [4.69, 9.17) is 16.0 Å². The third-order valence-electron chi connectivity index (χ3n) is 1.25. The molecule has 0 radical (unpaired) electrons. The number of aromatic nitrogens is 2. The predicted molar refractivity (Wildman–Crippen MR) is 42.9 cm³/mol. The first-order valence-electron chi connectivity index (χ1n) is 3.41. The Morgan fingerprint density at radius 3 is 2.93 bits per heavy atom. The minimum absolute atomic E-state index is 0.00250. The van der Waals surface area contributed by atoms with Crippen LogP contribution in [-0.2, 0) is 4.79 Å². The molecule has 1 aromatic rings. The fourth-order valence-corrected chi connectivity index (χ4v) is 0.679. The molecule has 0 saturated heterocycles. The standard InChI is InChI=1S/C5H7N5O4/c6-4(8-13)3-5(10-14-9-3)7-1-2(11)12/h13H,1H2,(H2,6,8)(H,7,10)(H,11,12). The van der Waals surface area contributed by atoms with Gasteiger partial charge in [0.1, 0.15) is 6.54 Å². The summed E-state index contributed by atoms with van der Waals surface area (Å²) in [5, 5.41) is 28.3. The maximum absolute atomic E-state index is 10.2. The average Bonchev–Trinajstić information content (AvgIpc) is 2.61. The zero-order valence-electron chi connectivity index (χ0n) is 6.84. The summed E-state index contributed by atoms with van der Waals surface area (Å²) in [5.74, 6) is -1.40. The van der Waals surface area contributed by atoms with E-state index >= 15 is 0 Å². The first kappa shape index (κ1) is 9.77. The van der Waals surface area contributed by atoms with Gasteiger partial charge in [0.25, 0.3) is 0 Å². The van der Waals surface area contributed by atoms with Gasteiger partial charge in [0.2, 0.25) is 5.82 Å². The normalized spacial score (nSPS) is 11.3. The molecule has 0 spiro atoms. The molecule has 1 aromatic heterocycles. The minimum atomic E-state index is -1.08. The molecule has 1 rings (SSSR count). The molecule has 1 heterocycles. The fourth-order valence-electron chi connectivity index (χ4n) is 0.679. The van der Waals surface area contributed by atoms with E-state index in [0.29, 0.717) is 0 Å². The molecule has 0 amide bonds. The molecule has 0 aliphatic rings. The number of nitrogens with one attached hydrogen (secondary N) is 1. The van der Waals surface area contributed by atoms with Crippen LogP contribution in [-0.4, -0.2) is 39.0 Å². The summed E-state index contributed by atoms with van der Waals surface area (Å²) in [6, 6.07) is 0. The van der Waals surface area contributed by atoms with Crippen molar-refractivity contribution in [2.45, 2.75) is 0 Å². The third kappa shape index (κ3) is 2.09. The van der Waals surface area contributed by atoms with Gasteiger partial charge in [-0.15, -0.1) is 0 Å². The van der Waals surface area contributed by atoms with Crippen LogP contribution in [0, 0.1) is 0 Å². The highest BCUT2D eigenvalue weighted by Gasteiger charge is 2.14. The molecule has 9 nitrogen and oxygen atoms in total. The average molecular weight is 201 g/mol. The summed E-state index contributed by atoms with van der Waals surface area (Å²) in [7, 11) is 0. The van der Waals surface area contributed by atoms with Crippen molar-refractivity contribution in [1.29, 1.82) is 0 Å². The molecule has 9 heteroatoms. The topological polar surface area (TPSA) is 147 Å². The van der Waals surface area contributed by atoms with Crippen LogP contribution in [0.4, 0.5) is 5.82 Å². The van der Waals surface area contributed by atoms with Crippen molar-refractivity contribution in [3.63, 3.8) is 0 Å². The Labute approximate surface area is 77.2 Å². The molecular weight excluding hydrogens is 194 g/mol. The van der Waals surface area contributed by atoms with Gasteiger partial charge in [-0.3, -0.25) is 4.79 Å². The highest BCUT2D eigenvalue weighted by Crippen LogP contribution is 2.07. The lowest BCUT2D eigenvalue weighted by atomic mass is 10.4. The monoisotopic (exact) mass is 201 g/mol. The molecule has 14 heavy (non-hydrogen) atoms. The number of anilines is 1. The molecule has 0 fully saturated rings. The minimum Gasteiger partial charge on any atom is -0.480 e. The smallest absolute Gasteiger partial charge is 0.322 e. The van der Waals surface area contributed by atoms with E-state index in [1.165, 1.54) is 0 Å². The van der Waals surface area contributed by atoms with Gasteiger partial charge in [0.05, 0.1) is 0 Å². The summed E-state index contributed by atoms with van der Waals surface area (Å²) in [5.41, 5.74) is 5.15. The van der Waals surface area contributed by atoms with E-state index in [2.05, 4.69) is 25.4 Å². The maximum atomic E-state index is 10.2. The lowest BCUT2D eigenvalue weighted by Gasteiger charge is -1.98. The number of oxime groups is 1. The molecule has 76 valence electrons. The van der Waals surface area contributed by atoms with Gasteiger partial charge in [-0.05, 0) is 10.3 Å². The Morgan fingerprint density at radius 2 is 2.36 bits per heavy atom. The van der Waals surface area contributed by atoms with Gasteiger partial charge in [0.15, 0.2) is 11.5 Å². The third-order valence-corrected chi connectivity index (χ3v) is 1.25. The first-order chi connectivity index (χ1) is 6.65. The highest BCUT2D eigenvalue weighted by molar-refractivity contribution is 5.99. The van der Waals surface area contributed by atoms with Crippen LogP contribution < -0.4 is 11.1 Å². The van der Waals surface area contributed by atoms with E-state index in [-0.39, 0.29) is 23.9 Å². The SMILES string of the molecule is N/C(=N\O)c1nonc1NCC(=O)O. The van der Waals surface area contributed by atoms with E-state index in [1.807, 2.05) is 0 Å². The zero-order valence-corrected chi connectivity index (χ0v) is 6.84. The van der Waals surface area contributed by atoms with Crippen molar-refractivity contribution in [3.05, 3.63) is 5.69 Å². The Hall–Kier alpha value is -2.32. The number of amidine groups is 1. The molecule has 0 aliphatic heterocycles. The van der Waals surface area contributed by atoms with Crippen molar-refractivity contribution in [1.82, 2.24) is 10.3 Å². The molecular formula is C5H7N5O4. The lowest BCUT2D eigenvalue weighted by Crippen LogP contribution is -2.19. The summed E-state index contributed by atoms with van der Waals surface area (Å²) in [6.45, 7) is -0.375. The van der Waals surface area contributed by atoms with Crippen molar-refractivity contribution in [3.8, 4) is 0 Å². The van der Waals surface area contributed by atoms with Gasteiger partial charge < -0.3 is 21.4 Å². The van der Waals surface area contributed by atoms with E-state index in [1.54, 1.807) is 0 Å². The van der Waals surface area contributed by atoms with Crippen LogP contribution in [0.3, 0.4) is 0 Å². The number of carbonyl (C=O) groups is 1. The number of hydrogen-bond donors (Lipinski definition) is 4. The molecule has 5 N–H and O–H groups in total. The number of carboxylic acid groups (broad SMARTS) is 1. The molecule has 0 aromatic carbocycles. The molecule has 0 bridgehead atoms. The van der Waals surface area contributed by atoms with Gasteiger partial charge in [-0.2, -0.15) is 0 Å². The Morgan fingerprint density at radius 1 is 1.64 bits per heavy atom. The van der Waals surface area contributed by atoms with Gasteiger partial charge >= 0.3 is 5.97 Å². The van der Waals surface area contributed by atoms with Crippen LogP contribution in [0.15, 0.2) is 9.78 Å². The molecule has 0 saturated carbocycles. The predicted octanol–water partition coefficient (Wildman–Crippen LogP) is -1.34. The first-order valence-corrected chi connectivity index (χ1v) is 3.41. The number of aliphatic carboxylic acids is 1. The number of carboxylic acids is 1. The van der Waals surface area contributed by atoms with Crippen LogP contribution >= 0.6 is 0 Å². The second-order valence-corrected chi connectivity index (χ2v) is 2.19. The zero-order chi connectivity index (χ0) is 10.6. The summed E-state index contributed by atoms with van der Waals surface area (Å²) in [4.78, 5) is 10.2. The van der Waals surface area contributed by atoms with Crippen LogP contribution in [0.25, 0.3) is 0 Å². The summed E-state index contributed by atoms with van der Waals surface area (Å²) in [6.07, 6.45) is 0. The quantitative estimate of drug-likeness (QED) is 0.202. The molecule has 0 aliphatic carbocycles. The van der Waals surface area contributed by atoms with Crippen molar-refractivity contribution in [2.24, 2.45) is 10.9 Å². The van der Waals surface area contributed by atoms with Crippen molar-refractivity contribution >= 4 is 17.6 Å². The number of nitrogens with two attached hydrogens (primary N) is 1. The van der Waals surface area contributed by atoms with Crippen LogP contribution in [0.5, 0.6) is 0 Å². The fraction of sp³-hybridized carbons (Fsp3) is 0.200. The number of rotatable bonds is 4. The van der Waals surface area contributed by atoms with E-state index < -0.39 is 5.97 Å². The van der Waals surface area contributed by atoms with Crippen LogP contribution in [0.2, 0.25) is 0 Å². The van der Waals surface area contributed by atoms with Gasteiger partial charge in [0, 0.05) is 0 Å². The van der Waals surface area contributed by atoms with Crippen molar-refractivity contribution < 1.29 is 19.7 Å². The molecule has 0 unspecified atom stereocenters. The Bertz CT molecular complexity index is 359. The summed E-state index contributed by atoms with van der Waals surface area (Å²) < 4.78 is 4.27. The Balaban J connectivity index is 2.77. The second-order valence-electron chi connectivity index (χ2n) is 2.19. The van der Waals surface area contributed by atoms with Crippen molar-refractivity contribution in [2.75, 3.05) is 11.9 Å². The second kappa shape index (κ2) is 4.07. The highest BCUT2D eigenvalue weighted by atomic mass is 16.6. The summed E-state index contributed by atoms with van der Waals surface area (Å²) >= 11 is 0. The number of hydrogen-bond acceptors (Lipinski definition) is 7. The largest absolute Gasteiger partial charge is 0.480 e. The van der Waals surface area contributed by atoms with E-state index in [0.717, 1.165) is 0 Å².